The van der Waals surface area contributed by atoms with Crippen LogP contribution in [0, 0.1) is 0 Å². The van der Waals surface area contributed by atoms with E-state index in [0.717, 1.165) is 10.9 Å². The number of nitrogens with one attached hydrogen (secondary N) is 1. The lowest BCUT2D eigenvalue weighted by Gasteiger charge is -2.05. The number of hydrogen-bond acceptors (Lipinski definition) is 2. The van der Waals surface area contributed by atoms with E-state index < -0.39 is 0 Å². The van der Waals surface area contributed by atoms with E-state index >= 15 is 0 Å². The number of amides is 1. The molecule has 0 aliphatic rings. The molecule has 2 aromatic rings. The summed E-state index contributed by atoms with van der Waals surface area (Å²) >= 11 is 3.34. The zero-order valence-electron chi connectivity index (χ0n) is 9.77. The molecule has 0 bridgehead atoms. The van der Waals surface area contributed by atoms with Gasteiger partial charge in [0.1, 0.15) is 0 Å². The first kappa shape index (κ1) is 12.8. The van der Waals surface area contributed by atoms with Crippen LogP contribution in [0.25, 0.3) is 0 Å². The normalized spacial score (nSPS) is 10.1. The van der Waals surface area contributed by atoms with Crippen molar-refractivity contribution in [3.8, 4) is 0 Å². The van der Waals surface area contributed by atoms with Gasteiger partial charge in [-0.1, -0.05) is 15.9 Å². The van der Waals surface area contributed by atoms with Gasteiger partial charge in [0, 0.05) is 29.0 Å². The van der Waals surface area contributed by atoms with Crippen LogP contribution in [0.1, 0.15) is 15.9 Å². The van der Waals surface area contributed by atoms with Crippen LogP contribution in [0.5, 0.6) is 0 Å². The number of carbonyl (C=O) groups excluding carboxylic acids is 1. The molecule has 1 heterocycles. The summed E-state index contributed by atoms with van der Waals surface area (Å²) in [6, 6.07) is 11.2. The summed E-state index contributed by atoms with van der Waals surface area (Å²) in [7, 11) is 0. The van der Waals surface area contributed by atoms with Crippen molar-refractivity contribution in [3.05, 3.63) is 64.4 Å². The number of pyridine rings is 1. The van der Waals surface area contributed by atoms with Gasteiger partial charge in [0.25, 0.3) is 5.91 Å². The van der Waals surface area contributed by atoms with E-state index in [1.807, 2.05) is 24.3 Å². The van der Waals surface area contributed by atoms with E-state index in [-0.39, 0.29) is 5.91 Å². The van der Waals surface area contributed by atoms with Crippen molar-refractivity contribution < 1.29 is 4.79 Å². The van der Waals surface area contributed by atoms with Crippen LogP contribution in [0.15, 0.2) is 53.3 Å². The van der Waals surface area contributed by atoms with Crippen molar-refractivity contribution in [2.45, 2.75) is 6.42 Å². The van der Waals surface area contributed by atoms with Gasteiger partial charge >= 0.3 is 0 Å². The van der Waals surface area contributed by atoms with Gasteiger partial charge in [0.05, 0.1) is 0 Å². The number of hydrogen-bond donors (Lipinski definition) is 1. The first-order valence-corrected chi connectivity index (χ1v) is 6.47. The highest BCUT2D eigenvalue weighted by atomic mass is 79.9. The van der Waals surface area contributed by atoms with Crippen molar-refractivity contribution >= 4 is 21.8 Å². The third kappa shape index (κ3) is 3.67. The van der Waals surface area contributed by atoms with Crippen molar-refractivity contribution in [2.24, 2.45) is 0 Å². The number of rotatable bonds is 4. The lowest BCUT2D eigenvalue weighted by Crippen LogP contribution is -2.25. The Morgan fingerprint density at radius 2 is 1.78 bits per heavy atom. The van der Waals surface area contributed by atoms with E-state index in [4.69, 9.17) is 0 Å². The molecule has 1 aromatic carbocycles. The summed E-state index contributed by atoms with van der Waals surface area (Å²) < 4.78 is 0.968. The molecule has 0 unspecified atom stereocenters. The zero-order chi connectivity index (χ0) is 12.8. The number of aromatic nitrogens is 1. The van der Waals surface area contributed by atoms with Gasteiger partial charge in [-0.2, -0.15) is 0 Å². The minimum atomic E-state index is -0.0449. The standard InChI is InChI=1S/C14H13BrN2O/c15-13-3-1-12(2-4-13)14(18)17-10-7-11-5-8-16-9-6-11/h1-6,8-9H,7,10H2,(H,17,18). The average Bonchev–Trinajstić information content (AvgIpc) is 2.40. The van der Waals surface area contributed by atoms with Crippen molar-refractivity contribution in [1.29, 1.82) is 0 Å². The van der Waals surface area contributed by atoms with Gasteiger partial charge in [-0.3, -0.25) is 9.78 Å². The molecule has 0 spiro atoms. The van der Waals surface area contributed by atoms with E-state index in [2.05, 4.69) is 26.2 Å². The Balaban J connectivity index is 1.84. The van der Waals surface area contributed by atoms with Crippen molar-refractivity contribution in [2.75, 3.05) is 6.54 Å². The average molecular weight is 305 g/mol. The van der Waals surface area contributed by atoms with Crippen molar-refractivity contribution in [3.63, 3.8) is 0 Å². The first-order valence-electron chi connectivity index (χ1n) is 5.68. The first-order chi connectivity index (χ1) is 8.75. The molecule has 0 saturated heterocycles. The second-order valence-electron chi connectivity index (χ2n) is 3.87. The molecular formula is C14H13BrN2O. The van der Waals surface area contributed by atoms with Crippen LogP contribution in [-0.4, -0.2) is 17.4 Å². The molecule has 1 aromatic heterocycles. The maximum absolute atomic E-state index is 11.8. The molecule has 0 aliphatic heterocycles. The number of halogens is 1. The molecule has 0 fully saturated rings. The quantitative estimate of drug-likeness (QED) is 0.944. The van der Waals surface area contributed by atoms with Crippen LogP contribution in [0.2, 0.25) is 0 Å². The fourth-order valence-electron chi connectivity index (χ4n) is 1.57. The second-order valence-corrected chi connectivity index (χ2v) is 4.78. The van der Waals surface area contributed by atoms with Crippen LogP contribution in [0.3, 0.4) is 0 Å². The fourth-order valence-corrected chi connectivity index (χ4v) is 1.84. The largest absolute Gasteiger partial charge is 0.352 e. The fraction of sp³-hybridized carbons (Fsp3) is 0.143. The molecule has 0 radical (unpaired) electrons. The maximum Gasteiger partial charge on any atom is 0.251 e. The van der Waals surface area contributed by atoms with Gasteiger partial charge in [-0.15, -0.1) is 0 Å². The zero-order valence-corrected chi connectivity index (χ0v) is 11.4. The van der Waals surface area contributed by atoms with Crippen LogP contribution in [-0.2, 0) is 6.42 Å². The van der Waals surface area contributed by atoms with E-state index in [9.17, 15) is 4.79 Å². The Labute approximate surface area is 114 Å². The second kappa shape index (κ2) is 6.31. The molecule has 0 atom stereocenters. The molecule has 92 valence electrons. The lowest BCUT2D eigenvalue weighted by molar-refractivity contribution is 0.0954. The third-order valence-electron chi connectivity index (χ3n) is 2.55. The molecule has 3 nitrogen and oxygen atoms in total. The Morgan fingerprint density at radius 1 is 1.11 bits per heavy atom. The highest BCUT2D eigenvalue weighted by Crippen LogP contribution is 2.10. The molecule has 1 N–H and O–H groups in total. The predicted octanol–water partition coefficient (Wildman–Crippen LogP) is 2.82. The van der Waals surface area contributed by atoms with Gasteiger partial charge in [-0.25, -0.2) is 0 Å². The molecule has 18 heavy (non-hydrogen) atoms. The molecule has 0 aliphatic carbocycles. The topological polar surface area (TPSA) is 42.0 Å². The van der Waals surface area contributed by atoms with Crippen molar-refractivity contribution in [1.82, 2.24) is 10.3 Å². The molecule has 1 amide bonds. The minimum Gasteiger partial charge on any atom is -0.352 e. The summed E-state index contributed by atoms with van der Waals surface area (Å²) in [5.74, 6) is -0.0449. The van der Waals surface area contributed by atoms with Gasteiger partial charge < -0.3 is 5.32 Å². The summed E-state index contributed by atoms with van der Waals surface area (Å²) in [4.78, 5) is 15.8. The van der Waals surface area contributed by atoms with Crippen LogP contribution >= 0.6 is 15.9 Å². The minimum absolute atomic E-state index is 0.0449. The van der Waals surface area contributed by atoms with Gasteiger partial charge in [0.2, 0.25) is 0 Å². The van der Waals surface area contributed by atoms with Gasteiger partial charge in [-0.05, 0) is 48.4 Å². The Morgan fingerprint density at radius 3 is 2.44 bits per heavy atom. The Bertz CT molecular complexity index is 511. The number of benzene rings is 1. The maximum atomic E-state index is 11.8. The number of nitrogens with zero attached hydrogens (tertiary/aromatic N) is 1. The molecule has 0 saturated carbocycles. The van der Waals surface area contributed by atoms with E-state index in [0.29, 0.717) is 12.1 Å². The molecule has 2 rings (SSSR count). The monoisotopic (exact) mass is 304 g/mol. The Hall–Kier alpha value is -1.68. The molecular weight excluding hydrogens is 292 g/mol. The number of carbonyl (C=O) groups is 1. The van der Waals surface area contributed by atoms with Gasteiger partial charge in [0.15, 0.2) is 0 Å². The van der Waals surface area contributed by atoms with E-state index in [1.54, 1.807) is 24.5 Å². The lowest BCUT2D eigenvalue weighted by atomic mass is 10.2. The SMILES string of the molecule is O=C(NCCc1ccncc1)c1ccc(Br)cc1. The molecule has 4 heteroatoms. The third-order valence-corrected chi connectivity index (χ3v) is 3.08. The summed E-state index contributed by atoms with van der Waals surface area (Å²) in [5.41, 5.74) is 1.84. The highest BCUT2D eigenvalue weighted by Gasteiger charge is 2.03. The summed E-state index contributed by atoms with van der Waals surface area (Å²) in [5, 5.41) is 2.89. The smallest absolute Gasteiger partial charge is 0.251 e. The highest BCUT2D eigenvalue weighted by molar-refractivity contribution is 9.10. The predicted molar refractivity (Wildman–Crippen MR) is 74.4 cm³/mol. The summed E-state index contributed by atoms with van der Waals surface area (Å²) in [6.45, 7) is 0.624. The Kier molecular flexibility index (Phi) is 4.47. The van der Waals surface area contributed by atoms with Crippen LogP contribution < -0.4 is 5.32 Å². The van der Waals surface area contributed by atoms with Crippen LogP contribution in [0.4, 0.5) is 0 Å². The van der Waals surface area contributed by atoms with E-state index in [1.165, 1.54) is 5.56 Å². The summed E-state index contributed by atoms with van der Waals surface area (Å²) in [6.07, 6.45) is 4.32.